The van der Waals surface area contributed by atoms with E-state index in [2.05, 4.69) is 30.0 Å². The molecule has 2 rings (SSSR count). The predicted octanol–water partition coefficient (Wildman–Crippen LogP) is 1.92. The molecule has 1 fully saturated rings. The zero-order chi connectivity index (χ0) is 13.9. The van der Waals surface area contributed by atoms with E-state index in [1.54, 1.807) is 0 Å². The molecule has 1 atom stereocenters. The summed E-state index contributed by atoms with van der Waals surface area (Å²) in [5, 5.41) is 9.42. The van der Waals surface area contributed by atoms with Gasteiger partial charge in [-0.2, -0.15) is 0 Å². The zero-order valence-electron chi connectivity index (χ0n) is 11.6. The van der Waals surface area contributed by atoms with Crippen LogP contribution in [0.3, 0.4) is 0 Å². The average molecular weight is 263 g/mol. The Balaban J connectivity index is 2.00. The molecule has 4 heteroatoms. The summed E-state index contributed by atoms with van der Waals surface area (Å²) in [5.74, 6) is -0.749. The molecular weight excluding hydrogens is 242 g/mol. The van der Waals surface area contributed by atoms with E-state index in [4.69, 9.17) is 4.74 Å². The Morgan fingerprint density at radius 1 is 1.53 bits per heavy atom. The first kappa shape index (κ1) is 14.0. The number of rotatable bonds is 5. The summed E-state index contributed by atoms with van der Waals surface area (Å²) in [6, 6.07) is 8.30. The summed E-state index contributed by atoms with van der Waals surface area (Å²) in [4.78, 5) is 13.5. The van der Waals surface area contributed by atoms with Crippen molar-refractivity contribution in [2.75, 3.05) is 26.8 Å². The van der Waals surface area contributed by atoms with Crippen molar-refractivity contribution in [1.82, 2.24) is 4.90 Å². The third-order valence-electron chi connectivity index (χ3n) is 3.66. The lowest BCUT2D eigenvalue weighted by atomic mass is 9.87. The van der Waals surface area contributed by atoms with Crippen molar-refractivity contribution < 1.29 is 14.6 Å². The van der Waals surface area contributed by atoms with Gasteiger partial charge in [0.1, 0.15) is 5.41 Å². The van der Waals surface area contributed by atoms with E-state index in [1.807, 2.05) is 13.1 Å². The van der Waals surface area contributed by atoms with Crippen LogP contribution >= 0.6 is 0 Å². The third-order valence-corrected chi connectivity index (χ3v) is 3.66. The van der Waals surface area contributed by atoms with Crippen molar-refractivity contribution in [1.29, 1.82) is 0 Å². The molecule has 0 radical (unpaired) electrons. The molecule has 0 saturated carbocycles. The molecule has 1 aliphatic heterocycles. The van der Waals surface area contributed by atoms with Gasteiger partial charge in [0.05, 0.1) is 6.61 Å². The topological polar surface area (TPSA) is 49.8 Å². The maximum absolute atomic E-state index is 11.5. The Labute approximate surface area is 114 Å². The van der Waals surface area contributed by atoms with Crippen LogP contribution in [0.2, 0.25) is 0 Å². The SMILES string of the molecule is Cc1cccc(CN(C)CC2(C(=O)O)CCOC2)c1. The largest absolute Gasteiger partial charge is 0.481 e. The van der Waals surface area contributed by atoms with Crippen molar-refractivity contribution in [2.24, 2.45) is 5.41 Å². The number of carbonyl (C=O) groups is 1. The van der Waals surface area contributed by atoms with Crippen LogP contribution in [0.25, 0.3) is 0 Å². The second-order valence-corrected chi connectivity index (χ2v) is 5.55. The Hall–Kier alpha value is -1.39. The van der Waals surface area contributed by atoms with Crippen LogP contribution in [-0.2, 0) is 16.1 Å². The van der Waals surface area contributed by atoms with Crippen molar-refractivity contribution in [2.45, 2.75) is 19.9 Å². The van der Waals surface area contributed by atoms with Gasteiger partial charge in [0.25, 0.3) is 0 Å². The van der Waals surface area contributed by atoms with Crippen molar-refractivity contribution in [3.8, 4) is 0 Å². The van der Waals surface area contributed by atoms with E-state index in [-0.39, 0.29) is 0 Å². The molecule has 0 aliphatic carbocycles. The number of hydrogen-bond donors (Lipinski definition) is 1. The predicted molar refractivity (Wildman–Crippen MR) is 73.0 cm³/mol. The number of nitrogens with zero attached hydrogens (tertiary/aromatic N) is 1. The number of ether oxygens (including phenoxy) is 1. The minimum absolute atomic E-state index is 0.320. The van der Waals surface area contributed by atoms with Gasteiger partial charge in [-0.15, -0.1) is 0 Å². The van der Waals surface area contributed by atoms with Gasteiger partial charge in [0.15, 0.2) is 0 Å². The fourth-order valence-corrected chi connectivity index (χ4v) is 2.66. The molecule has 19 heavy (non-hydrogen) atoms. The van der Waals surface area contributed by atoms with Gasteiger partial charge in [-0.05, 0) is 26.0 Å². The summed E-state index contributed by atoms with van der Waals surface area (Å²) in [6.07, 6.45) is 0.598. The molecular formula is C15H21NO3. The lowest BCUT2D eigenvalue weighted by Crippen LogP contribution is -2.42. The van der Waals surface area contributed by atoms with Crippen LogP contribution in [0.15, 0.2) is 24.3 Å². The first-order valence-electron chi connectivity index (χ1n) is 6.57. The number of benzene rings is 1. The number of aliphatic carboxylic acids is 1. The van der Waals surface area contributed by atoms with Crippen LogP contribution < -0.4 is 0 Å². The average Bonchev–Trinajstić information content (AvgIpc) is 2.78. The van der Waals surface area contributed by atoms with Crippen molar-refractivity contribution in [3.05, 3.63) is 35.4 Å². The summed E-state index contributed by atoms with van der Waals surface area (Å²) >= 11 is 0. The van der Waals surface area contributed by atoms with E-state index in [1.165, 1.54) is 11.1 Å². The second-order valence-electron chi connectivity index (χ2n) is 5.55. The standard InChI is InChI=1S/C15H21NO3/c1-12-4-3-5-13(8-12)9-16(2)10-15(14(17)18)6-7-19-11-15/h3-5,8H,6-7,9-11H2,1-2H3,(H,17,18). The van der Waals surface area contributed by atoms with Crippen LogP contribution in [-0.4, -0.2) is 42.8 Å². The van der Waals surface area contributed by atoms with E-state index in [0.717, 1.165) is 6.54 Å². The second kappa shape index (κ2) is 5.72. The molecule has 4 nitrogen and oxygen atoms in total. The smallest absolute Gasteiger partial charge is 0.313 e. The van der Waals surface area contributed by atoms with Gasteiger partial charge < -0.3 is 14.7 Å². The van der Waals surface area contributed by atoms with Crippen LogP contribution in [0.1, 0.15) is 17.5 Å². The number of aryl methyl sites for hydroxylation is 1. The molecule has 1 N–H and O–H groups in total. The molecule has 0 bridgehead atoms. The molecule has 1 aromatic carbocycles. The van der Waals surface area contributed by atoms with Gasteiger partial charge in [-0.25, -0.2) is 0 Å². The fraction of sp³-hybridized carbons (Fsp3) is 0.533. The minimum atomic E-state index is -0.749. The fourth-order valence-electron chi connectivity index (χ4n) is 2.66. The molecule has 104 valence electrons. The molecule has 1 aliphatic rings. The summed E-state index contributed by atoms with van der Waals surface area (Å²) in [6.45, 7) is 4.21. The Morgan fingerprint density at radius 2 is 2.32 bits per heavy atom. The van der Waals surface area contributed by atoms with Gasteiger partial charge in [0, 0.05) is 19.7 Å². The Morgan fingerprint density at radius 3 is 2.89 bits per heavy atom. The van der Waals surface area contributed by atoms with Crippen LogP contribution in [0.4, 0.5) is 0 Å². The highest BCUT2D eigenvalue weighted by molar-refractivity contribution is 5.75. The molecule has 1 aromatic rings. The molecule has 0 spiro atoms. The quantitative estimate of drug-likeness (QED) is 0.881. The first-order valence-corrected chi connectivity index (χ1v) is 6.57. The highest BCUT2D eigenvalue weighted by Crippen LogP contribution is 2.30. The number of carboxylic acid groups (broad SMARTS) is 1. The lowest BCUT2D eigenvalue weighted by molar-refractivity contribution is -0.150. The minimum Gasteiger partial charge on any atom is -0.481 e. The van der Waals surface area contributed by atoms with Crippen molar-refractivity contribution >= 4 is 5.97 Å². The normalized spacial score (nSPS) is 22.9. The number of carboxylic acids is 1. The maximum Gasteiger partial charge on any atom is 0.313 e. The summed E-state index contributed by atoms with van der Waals surface area (Å²) in [7, 11) is 1.96. The van der Waals surface area contributed by atoms with Crippen LogP contribution in [0, 0.1) is 12.3 Å². The lowest BCUT2D eigenvalue weighted by Gasteiger charge is -2.28. The van der Waals surface area contributed by atoms with Crippen molar-refractivity contribution in [3.63, 3.8) is 0 Å². The first-order chi connectivity index (χ1) is 9.02. The maximum atomic E-state index is 11.5. The van der Waals surface area contributed by atoms with E-state index in [9.17, 15) is 9.90 Å². The highest BCUT2D eigenvalue weighted by atomic mass is 16.5. The molecule has 1 saturated heterocycles. The van der Waals surface area contributed by atoms with Gasteiger partial charge in [0.2, 0.25) is 0 Å². The molecule has 0 aromatic heterocycles. The van der Waals surface area contributed by atoms with E-state index < -0.39 is 11.4 Å². The van der Waals surface area contributed by atoms with Gasteiger partial charge >= 0.3 is 5.97 Å². The summed E-state index contributed by atoms with van der Waals surface area (Å²) in [5.41, 5.74) is 1.70. The van der Waals surface area contributed by atoms with E-state index in [0.29, 0.717) is 26.2 Å². The van der Waals surface area contributed by atoms with E-state index >= 15 is 0 Å². The number of hydrogen-bond acceptors (Lipinski definition) is 3. The molecule has 1 heterocycles. The molecule has 0 amide bonds. The van der Waals surface area contributed by atoms with Gasteiger partial charge in [-0.3, -0.25) is 4.79 Å². The van der Waals surface area contributed by atoms with Crippen LogP contribution in [0.5, 0.6) is 0 Å². The zero-order valence-corrected chi connectivity index (χ0v) is 11.6. The Bertz CT molecular complexity index is 452. The monoisotopic (exact) mass is 263 g/mol. The summed E-state index contributed by atoms with van der Waals surface area (Å²) < 4.78 is 5.28. The van der Waals surface area contributed by atoms with Gasteiger partial charge in [-0.1, -0.05) is 29.8 Å². The molecule has 1 unspecified atom stereocenters. The Kier molecular flexibility index (Phi) is 4.22. The highest BCUT2D eigenvalue weighted by Gasteiger charge is 2.43. The third kappa shape index (κ3) is 3.33.